The molecule has 1 rings (SSSR count). The fourth-order valence-corrected chi connectivity index (χ4v) is 2.31. The molecule has 0 aliphatic heterocycles. The van der Waals surface area contributed by atoms with E-state index in [1.54, 1.807) is 30.0 Å². The number of hydrogen-bond acceptors (Lipinski definition) is 3. The van der Waals surface area contributed by atoms with Gasteiger partial charge in [-0.25, -0.2) is 0 Å². The van der Waals surface area contributed by atoms with E-state index in [4.69, 9.17) is 17.3 Å². The Morgan fingerprint density at radius 2 is 2.29 bits per heavy atom. The first kappa shape index (κ1) is 14.2. The van der Waals surface area contributed by atoms with Crippen molar-refractivity contribution < 1.29 is 4.79 Å². The fourth-order valence-electron chi connectivity index (χ4n) is 1.45. The molecule has 17 heavy (non-hydrogen) atoms. The van der Waals surface area contributed by atoms with Crippen molar-refractivity contribution in [3.63, 3.8) is 0 Å². The number of nitrogens with two attached hydrogens (primary N) is 1. The normalized spacial score (nSPS) is 12.2. The second-order valence-corrected chi connectivity index (χ2v) is 5.35. The smallest absolute Gasteiger partial charge is 0.253 e. The van der Waals surface area contributed by atoms with Gasteiger partial charge in [-0.05, 0) is 36.1 Å². The average Bonchev–Trinajstić information content (AvgIpc) is 2.26. The molecule has 3 nitrogen and oxygen atoms in total. The summed E-state index contributed by atoms with van der Waals surface area (Å²) in [5.74, 6) is 1.32. The number of nitrogens with one attached hydrogen (secondary N) is 1. The largest absolute Gasteiger partial charge is 0.398 e. The van der Waals surface area contributed by atoms with Crippen LogP contribution in [-0.4, -0.2) is 24.5 Å². The van der Waals surface area contributed by atoms with Gasteiger partial charge in [0.25, 0.3) is 5.91 Å². The summed E-state index contributed by atoms with van der Waals surface area (Å²) in [4.78, 5) is 11.8. The Balaban J connectivity index is 2.58. The van der Waals surface area contributed by atoms with E-state index in [9.17, 15) is 4.79 Å². The third kappa shape index (κ3) is 4.48. The molecular weight excluding hydrogens is 256 g/mol. The Bertz CT molecular complexity index is 398. The average molecular weight is 273 g/mol. The third-order valence-corrected chi connectivity index (χ3v) is 3.46. The highest BCUT2D eigenvalue weighted by Crippen LogP contribution is 2.17. The van der Waals surface area contributed by atoms with Gasteiger partial charge in [-0.15, -0.1) is 0 Å². The molecule has 0 heterocycles. The summed E-state index contributed by atoms with van der Waals surface area (Å²) in [6.07, 6.45) is 2.05. The van der Waals surface area contributed by atoms with Crippen LogP contribution in [0.1, 0.15) is 17.3 Å². The lowest BCUT2D eigenvalue weighted by Crippen LogP contribution is -2.29. The number of carbonyl (C=O) groups excluding carboxylic acids is 1. The predicted octanol–water partition coefficient (Wildman–Crippen LogP) is 2.65. The quantitative estimate of drug-likeness (QED) is 0.811. The van der Waals surface area contributed by atoms with Crippen molar-refractivity contribution in [3.05, 3.63) is 28.8 Å². The van der Waals surface area contributed by atoms with Crippen molar-refractivity contribution in [3.8, 4) is 0 Å². The highest BCUT2D eigenvalue weighted by Gasteiger charge is 2.10. The van der Waals surface area contributed by atoms with Crippen LogP contribution in [0.3, 0.4) is 0 Å². The minimum Gasteiger partial charge on any atom is -0.398 e. The number of nitrogen functional groups attached to an aromatic ring is 1. The van der Waals surface area contributed by atoms with Crippen LogP contribution >= 0.6 is 23.4 Å². The molecule has 3 N–H and O–H groups in total. The van der Waals surface area contributed by atoms with Crippen molar-refractivity contribution in [2.45, 2.75) is 6.92 Å². The summed E-state index contributed by atoms with van der Waals surface area (Å²) in [7, 11) is 0. The lowest BCUT2D eigenvalue weighted by molar-refractivity contribution is 0.0950. The summed E-state index contributed by atoms with van der Waals surface area (Å²) < 4.78 is 0. The summed E-state index contributed by atoms with van der Waals surface area (Å²) in [5.41, 5.74) is 6.63. The molecule has 0 bridgehead atoms. The molecule has 1 unspecified atom stereocenters. The van der Waals surface area contributed by atoms with Crippen molar-refractivity contribution in [1.82, 2.24) is 5.32 Å². The lowest BCUT2D eigenvalue weighted by Gasteiger charge is -2.12. The number of thioether (sulfide) groups is 1. The van der Waals surface area contributed by atoms with Gasteiger partial charge in [0, 0.05) is 17.3 Å². The Labute approximate surface area is 111 Å². The van der Waals surface area contributed by atoms with Gasteiger partial charge in [0.1, 0.15) is 0 Å². The molecule has 0 spiro atoms. The number of carbonyl (C=O) groups is 1. The topological polar surface area (TPSA) is 55.1 Å². The molecular formula is C12H17ClN2OS. The number of anilines is 1. The van der Waals surface area contributed by atoms with E-state index in [1.807, 2.05) is 0 Å². The molecule has 0 saturated carbocycles. The number of amides is 1. The molecule has 5 heteroatoms. The van der Waals surface area contributed by atoms with Crippen molar-refractivity contribution in [2.24, 2.45) is 5.92 Å². The number of halogens is 1. The number of rotatable bonds is 5. The van der Waals surface area contributed by atoms with E-state index < -0.39 is 0 Å². The second-order valence-electron chi connectivity index (χ2n) is 4.00. The molecule has 1 atom stereocenters. The van der Waals surface area contributed by atoms with Crippen LogP contribution < -0.4 is 11.1 Å². The van der Waals surface area contributed by atoms with Gasteiger partial charge < -0.3 is 11.1 Å². The van der Waals surface area contributed by atoms with E-state index in [-0.39, 0.29) is 5.91 Å². The van der Waals surface area contributed by atoms with E-state index >= 15 is 0 Å². The lowest BCUT2D eigenvalue weighted by atomic mass is 10.1. The second kappa shape index (κ2) is 6.77. The number of benzene rings is 1. The molecule has 1 amide bonds. The highest BCUT2D eigenvalue weighted by molar-refractivity contribution is 7.98. The first-order chi connectivity index (χ1) is 8.04. The first-order valence-corrected chi connectivity index (χ1v) is 7.14. The van der Waals surface area contributed by atoms with Crippen LogP contribution in [-0.2, 0) is 0 Å². The molecule has 0 aromatic heterocycles. The van der Waals surface area contributed by atoms with Crippen LogP contribution in [0.25, 0.3) is 0 Å². The zero-order valence-electron chi connectivity index (χ0n) is 10.00. The maximum absolute atomic E-state index is 11.8. The molecule has 94 valence electrons. The molecule has 1 aromatic carbocycles. The molecule has 1 aromatic rings. The summed E-state index contributed by atoms with van der Waals surface area (Å²) in [6, 6.07) is 4.90. The predicted molar refractivity (Wildman–Crippen MR) is 75.7 cm³/mol. The van der Waals surface area contributed by atoms with Gasteiger partial charge in [-0.1, -0.05) is 18.5 Å². The van der Waals surface area contributed by atoms with Crippen LogP contribution in [0.5, 0.6) is 0 Å². The van der Waals surface area contributed by atoms with Crippen LogP contribution in [0, 0.1) is 5.92 Å². The Morgan fingerprint density at radius 1 is 1.59 bits per heavy atom. The van der Waals surface area contributed by atoms with Gasteiger partial charge in [-0.3, -0.25) is 4.79 Å². The summed E-state index contributed by atoms with van der Waals surface area (Å²) in [5, 5.41) is 3.41. The molecule has 0 fully saturated rings. The minimum absolute atomic E-state index is 0.146. The summed E-state index contributed by atoms with van der Waals surface area (Å²) in [6.45, 7) is 2.75. The Hall–Kier alpha value is -0.870. The van der Waals surface area contributed by atoms with Gasteiger partial charge in [-0.2, -0.15) is 11.8 Å². The van der Waals surface area contributed by atoms with Crippen molar-refractivity contribution >= 4 is 35.0 Å². The Morgan fingerprint density at radius 3 is 2.88 bits per heavy atom. The molecule has 0 radical (unpaired) electrons. The SMILES string of the molecule is CSCC(C)CNC(=O)c1ccc(Cl)cc1N. The van der Waals surface area contributed by atoms with Gasteiger partial charge >= 0.3 is 0 Å². The third-order valence-electron chi connectivity index (χ3n) is 2.32. The zero-order valence-corrected chi connectivity index (χ0v) is 11.6. The highest BCUT2D eigenvalue weighted by atomic mass is 35.5. The van der Waals surface area contributed by atoms with Crippen LogP contribution in [0.2, 0.25) is 5.02 Å². The van der Waals surface area contributed by atoms with Crippen molar-refractivity contribution in [1.29, 1.82) is 0 Å². The van der Waals surface area contributed by atoms with Crippen LogP contribution in [0.15, 0.2) is 18.2 Å². The van der Waals surface area contributed by atoms with Crippen LogP contribution in [0.4, 0.5) is 5.69 Å². The number of hydrogen-bond donors (Lipinski definition) is 2. The maximum Gasteiger partial charge on any atom is 0.253 e. The monoisotopic (exact) mass is 272 g/mol. The van der Waals surface area contributed by atoms with Gasteiger partial charge in [0.05, 0.1) is 5.56 Å². The first-order valence-electron chi connectivity index (χ1n) is 5.36. The summed E-state index contributed by atoms with van der Waals surface area (Å²) >= 11 is 7.54. The van der Waals surface area contributed by atoms with E-state index in [0.717, 1.165) is 5.75 Å². The van der Waals surface area contributed by atoms with E-state index in [1.165, 1.54) is 0 Å². The molecule has 0 aliphatic carbocycles. The van der Waals surface area contributed by atoms with E-state index in [2.05, 4.69) is 18.5 Å². The minimum atomic E-state index is -0.146. The maximum atomic E-state index is 11.8. The van der Waals surface area contributed by atoms with E-state index in [0.29, 0.717) is 28.7 Å². The van der Waals surface area contributed by atoms with Crippen molar-refractivity contribution in [2.75, 3.05) is 24.3 Å². The zero-order chi connectivity index (χ0) is 12.8. The fraction of sp³-hybridized carbons (Fsp3) is 0.417. The standard InChI is InChI=1S/C12H17ClN2OS/c1-8(7-17-2)6-15-12(16)10-4-3-9(13)5-11(10)14/h3-5,8H,6-7,14H2,1-2H3,(H,15,16). The van der Waals surface area contributed by atoms with Gasteiger partial charge in [0.2, 0.25) is 0 Å². The Kier molecular flexibility index (Phi) is 5.65. The van der Waals surface area contributed by atoms with Gasteiger partial charge in [0.15, 0.2) is 0 Å². The molecule has 0 aliphatic rings. The molecule has 0 saturated heterocycles.